The summed E-state index contributed by atoms with van der Waals surface area (Å²) >= 11 is 0. The van der Waals surface area contributed by atoms with Crippen LogP contribution < -0.4 is 5.30 Å². The predicted octanol–water partition coefficient (Wildman–Crippen LogP) is 4.27. The van der Waals surface area contributed by atoms with Crippen molar-refractivity contribution >= 4 is 25.9 Å². The van der Waals surface area contributed by atoms with Gasteiger partial charge in [0.2, 0.25) is 0 Å². The van der Waals surface area contributed by atoms with E-state index in [2.05, 4.69) is 42.1 Å². The second-order valence-corrected chi connectivity index (χ2v) is 5.66. The van der Waals surface area contributed by atoms with Crippen molar-refractivity contribution < 1.29 is 0 Å². The van der Waals surface area contributed by atoms with Crippen LogP contribution in [0.15, 0.2) is 17.1 Å². The van der Waals surface area contributed by atoms with E-state index in [4.69, 9.17) is 4.99 Å². The van der Waals surface area contributed by atoms with Gasteiger partial charge in [0.15, 0.2) is 0 Å². The zero-order chi connectivity index (χ0) is 12.4. The first-order chi connectivity index (χ1) is 8.13. The average molecular weight is 247 g/mol. The number of nitrogens with zero attached hydrogens (tertiary/aromatic N) is 1. The van der Waals surface area contributed by atoms with Crippen LogP contribution in [0.1, 0.15) is 56.6 Å². The molecule has 1 atom stereocenters. The molecule has 1 saturated carbocycles. The second-order valence-electron chi connectivity index (χ2n) is 5.08. The zero-order valence-corrected chi connectivity index (χ0v) is 12.2. The third kappa shape index (κ3) is 2.96. The number of hydrogen-bond acceptors (Lipinski definition) is 1. The Balaban J connectivity index is 2.30. The normalized spacial score (nSPS) is 16.4. The van der Waals surface area contributed by atoms with Gasteiger partial charge in [-0.15, -0.1) is 9.24 Å². The van der Waals surface area contributed by atoms with E-state index in [1.165, 1.54) is 41.4 Å². The molecular formula is C15H22NP. The van der Waals surface area contributed by atoms with E-state index in [0.29, 0.717) is 0 Å². The summed E-state index contributed by atoms with van der Waals surface area (Å²) in [5.74, 6) is 0.816. The first-order valence-electron chi connectivity index (χ1n) is 6.56. The molecule has 1 unspecified atom stereocenters. The summed E-state index contributed by atoms with van der Waals surface area (Å²) in [6.07, 6.45) is 4.98. The molecule has 1 aliphatic carbocycles. The van der Waals surface area contributed by atoms with Crippen LogP contribution in [-0.2, 0) is 0 Å². The Morgan fingerprint density at radius 1 is 1.41 bits per heavy atom. The van der Waals surface area contributed by atoms with Gasteiger partial charge in [-0.25, -0.2) is 0 Å². The summed E-state index contributed by atoms with van der Waals surface area (Å²) in [4.78, 5) is 4.73. The maximum Gasteiger partial charge on any atom is 0.0664 e. The molecular weight excluding hydrogens is 225 g/mol. The molecule has 1 fully saturated rings. The average Bonchev–Trinajstić information content (AvgIpc) is 3.09. The standard InChI is InChI=1S/C15H22NP/c1-4-5-10(2)16-14-9-8-13(12-6-7-12)15(17)11(14)3/h8-9,12H,4-7,17H2,1-3H3. The minimum absolute atomic E-state index is 0.816. The summed E-state index contributed by atoms with van der Waals surface area (Å²) in [6.45, 7) is 6.51. The Labute approximate surface area is 107 Å². The lowest BCUT2D eigenvalue weighted by molar-refractivity contribution is 0.987. The van der Waals surface area contributed by atoms with Gasteiger partial charge in [-0.3, -0.25) is 4.99 Å². The maximum absolute atomic E-state index is 4.73. The summed E-state index contributed by atoms with van der Waals surface area (Å²) in [7, 11) is 2.91. The molecule has 0 saturated heterocycles. The summed E-state index contributed by atoms with van der Waals surface area (Å²) in [5, 5.41) is 1.37. The Hall–Kier alpha value is -0.680. The van der Waals surface area contributed by atoms with Crippen molar-refractivity contribution in [3.8, 4) is 0 Å². The van der Waals surface area contributed by atoms with Crippen molar-refractivity contribution in [2.24, 2.45) is 4.99 Å². The van der Waals surface area contributed by atoms with Crippen molar-refractivity contribution in [3.63, 3.8) is 0 Å². The third-order valence-electron chi connectivity index (χ3n) is 3.46. The maximum atomic E-state index is 4.73. The fourth-order valence-electron chi connectivity index (χ4n) is 2.23. The first kappa shape index (κ1) is 12.8. The van der Waals surface area contributed by atoms with E-state index in [-0.39, 0.29) is 0 Å². The van der Waals surface area contributed by atoms with Gasteiger partial charge in [-0.05, 0) is 61.5 Å². The third-order valence-corrected chi connectivity index (χ3v) is 4.23. The molecule has 2 rings (SSSR count). The van der Waals surface area contributed by atoms with Gasteiger partial charge >= 0.3 is 0 Å². The highest BCUT2D eigenvalue weighted by atomic mass is 31.0. The summed E-state index contributed by atoms with van der Waals surface area (Å²) in [5.41, 5.74) is 5.22. The quantitative estimate of drug-likeness (QED) is 0.556. The van der Waals surface area contributed by atoms with Crippen LogP contribution in [0, 0.1) is 6.92 Å². The minimum Gasteiger partial charge on any atom is -0.258 e. The molecule has 0 aromatic heterocycles. The van der Waals surface area contributed by atoms with Crippen LogP contribution in [0.5, 0.6) is 0 Å². The van der Waals surface area contributed by atoms with E-state index in [0.717, 1.165) is 18.0 Å². The molecule has 0 aliphatic heterocycles. The van der Waals surface area contributed by atoms with E-state index < -0.39 is 0 Å². The number of rotatable bonds is 4. The molecule has 17 heavy (non-hydrogen) atoms. The molecule has 0 amide bonds. The molecule has 0 radical (unpaired) electrons. The lowest BCUT2D eigenvalue weighted by atomic mass is 10.1. The van der Waals surface area contributed by atoms with Gasteiger partial charge in [0.1, 0.15) is 0 Å². The Morgan fingerprint density at radius 3 is 2.71 bits per heavy atom. The molecule has 1 aliphatic rings. The van der Waals surface area contributed by atoms with E-state index in [1.54, 1.807) is 0 Å². The molecule has 1 aromatic rings. The highest BCUT2D eigenvalue weighted by molar-refractivity contribution is 7.27. The van der Waals surface area contributed by atoms with E-state index in [1.807, 2.05) is 0 Å². The topological polar surface area (TPSA) is 12.4 Å². The molecule has 0 N–H and O–H groups in total. The van der Waals surface area contributed by atoms with Crippen LogP contribution in [0.4, 0.5) is 5.69 Å². The zero-order valence-electron chi connectivity index (χ0n) is 11.1. The molecule has 0 heterocycles. The Bertz CT molecular complexity index is 444. The molecule has 1 aromatic carbocycles. The smallest absolute Gasteiger partial charge is 0.0664 e. The van der Waals surface area contributed by atoms with Crippen molar-refractivity contribution in [2.75, 3.05) is 0 Å². The van der Waals surface area contributed by atoms with Crippen molar-refractivity contribution in [1.29, 1.82) is 0 Å². The SMILES string of the molecule is CCCC(C)=Nc1ccc(C2CC2)c(P)c1C. The van der Waals surface area contributed by atoms with Crippen molar-refractivity contribution in [3.05, 3.63) is 23.3 Å². The van der Waals surface area contributed by atoms with Crippen LogP contribution in [0.2, 0.25) is 0 Å². The lowest BCUT2D eigenvalue weighted by Gasteiger charge is -2.10. The summed E-state index contributed by atoms with van der Waals surface area (Å²) < 4.78 is 0. The van der Waals surface area contributed by atoms with E-state index in [9.17, 15) is 0 Å². The molecule has 0 spiro atoms. The molecule has 1 nitrogen and oxygen atoms in total. The number of aliphatic imine (C=N–C) groups is 1. The monoisotopic (exact) mass is 247 g/mol. The van der Waals surface area contributed by atoms with Crippen LogP contribution in [0.3, 0.4) is 0 Å². The number of hydrogen-bond donors (Lipinski definition) is 0. The lowest BCUT2D eigenvalue weighted by Crippen LogP contribution is -2.05. The van der Waals surface area contributed by atoms with Crippen LogP contribution in [-0.4, -0.2) is 5.71 Å². The fourth-order valence-corrected chi connectivity index (χ4v) is 2.71. The predicted molar refractivity (Wildman–Crippen MR) is 80.2 cm³/mol. The molecule has 92 valence electrons. The van der Waals surface area contributed by atoms with Gasteiger partial charge in [-0.1, -0.05) is 19.4 Å². The van der Waals surface area contributed by atoms with Gasteiger partial charge in [0, 0.05) is 5.71 Å². The van der Waals surface area contributed by atoms with Crippen LogP contribution in [0.25, 0.3) is 0 Å². The van der Waals surface area contributed by atoms with Crippen molar-refractivity contribution in [2.45, 2.75) is 52.4 Å². The summed E-state index contributed by atoms with van der Waals surface area (Å²) in [6, 6.07) is 4.46. The highest BCUT2D eigenvalue weighted by Crippen LogP contribution is 2.41. The minimum atomic E-state index is 0.816. The van der Waals surface area contributed by atoms with E-state index >= 15 is 0 Å². The molecule has 2 heteroatoms. The van der Waals surface area contributed by atoms with Crippen molar-refractivity contribution in [1.82, 2.24) is 0 Å². The Kier molecular flexibility index (Phi) is 3.99. The molecule has 0 bridgehead atoms. The number of benzene rings is 1. The Morgan fingerprint density at radius 2 is 2.12 bits per heavy atom. The van der Waals surface area contributed by atoms with Gasteiger partial charge < -0.3 is 0 Å². The highest BCUT2D eigenvalue weighted by Gasteiger charge is 2.25. The van der Waals surface area contributed by atoms with Gasteiger partial charge in [0.05, 0.1) is 5.69 Å². The fraction of sp³-hybridized carbons (Fsp3) is 0.533. The first-order valence-corrected chi connectivity index (χ1v) is 7.14. The van der Waals surface area contributed by atoms with Gasteiger partial charge in [-0.2, -0.15) is 0 Å². The second kappa shape index (κ2) is 5.31. The van der Waals surface area contributed by atoms with Crippen LogP contribution >= 0.6 is 9.24 Å². The largest absolute Gasteiger partial charge is 0.258 e. The van der Waals surface area contributed by atoms with Gasteiger partial charge in [0.25, 0.3) is 0 Å².